The number of nitrogens with one attached hydrogen (secondary N) is 1. The van der Waals surface area contributed by atoms with E-state index < -0.39 is 9.84 Å². The molecule has 7 heteroatoms. The Kier molecular flexibility index (Phi) is 3.41. The highest BCUT2D eigenvalue weighted by atomic mass is 32.2. The van der Waals surface area contributed by atoms with Gasteiger partial charge in [-0.3, -0.25) is 0 Å². The van der Waals surface area contributed by atoms with Gasteiger partial charge in [0.1, 0.15) is 10.8 Å². The minimum Gasteiger partial charge on any atom is -0.389 e. The molecule has 0 bridgehead atoms. The summed E-state index contributed by atoms with van der Waals surface area (Å²) in [6.45, 7) is 0. The molecule has 1 atom stereocenters. The molecule has 1 unspecified atom stereocenters. The number of fused-ring (bicyclic) bond motifs is 1. The molecule has 1 fully saturated rings. The van der Waals surface area contributed by atoms with E-state index in [4.69, 9.17) is 18.0 Å². The molecule has 1 saturated heterocycles. The van der Waals surface area contributed by atoms with Crippen LogP contribution in [0.1, 0.15) is 29.7 Å². The number of sulfone groups is 1. The summed E-state index contributed by atoms with van der Waals surface area (Å²) >= 11 is 5.09. The molecule has 0 amide bonds. The summed E-state index contributed by atoms with van der Waals surface area (Å²) in [7, 11) is -2.91. The Morgan fingerprint density at radius 2 is 2.25 bits per heavy atom. The molecule has 5 nitrogen and oxygen atoms in total. The first-order valence-corrected chi connectivity index (χ1v) is 8.97. The zero-order valence-electron chi connectivity index (χ0n) is 11.1. The lowest BCUT2D eigenvalue weighted by Crippen LogP contribution is -2.24. The van der Waals surface area contributed by atoms with Gasteiger partial charge in [-0.05, 0) is 37.3 Å². The molecule has 2 heterocycles. The van der Waals surface area contributed by atoms with Crippen LogP contribution >= 0.6 is 12.2 Å². The second kappa shape index (κ2) is 4.96. The lowest BCUT2D eigenvalue weighted by Gasteiger charge is -2.16. The van der Waals surface area contributed by atoms with Gasteiger partial charge in [-0.2, -0.15) is 0 Å². The molecule has 1 aliphatic carbocycles. The Morgan fingerprint density at radius 3 is 2.90 bits per heavy atom. The second-order valence-electron chi connectivity index (χ2n) is 5.45. The van der Waals surface area contributed by atoms with Crippen LogP contribution in [0.15, 0.2) is 6.07 Å². The fraction of sp³-hybridized carbons (Fsp3) is 0.538. The highest BCUT2D eigenvalue weighted by Crippen LogP contribution is 2.27. The van der Waals surface area contributed by atoms with Crippen LogP contribution in [-0.4, -0.2) is 35.9 Å². The minimum atomic E-state index is -2.91. The van der Waals surface area contributed by atoms with Crippen molar-refractivity contribution in [2.75, 3.05) is 16.8 Å². The molecule has 0 saturated carbocycles. The zero-order chi connectivity index (χ0) is 14.3. The smallest absolute Gasteiger partial charge is 0.152 e. The monoisotopic (exact) mass is 311 g/mol. The van der Waals surface area contributed by atoms with E-state index in [1.165, 1.54) is 5.56 Å². The van der Waals surface area contributed by atoms with Crippen LogP contribution < -0.4 is 11.1 Å². The van der Waals surface area contributed by atoms with E-state index in [-0.39, 0.29) is 17.5 Å². The SMILES string of the molecule is NC(=S)c1cc2c(nc1NC1CCS(=O)(=O)C1)CCC2. The average molecular weight is 311 g/mol. The number of aryl methyl sites for hydroxylation is 2. The summed E-state index contributed by atoms with van der Waals surface area (Å²) in [6.07, 6.45) is 3.68. The van der Waals surface area contributed by atoms with E-state index in [0.717, 1.165) is 30.5 Å². The average Bonchev–Trinajstić information content (AvgIpc) is 2.94. The van der Waals surface area contributed by atoms with Crippen molar-refractivity contribution in [2.24, 2.45) is 5.73 Å². The van der Waals surface area contributed by atoms with Crippen LogP contribution in [0.4, 0.5) is 5.82 Å². The molecular formula is C13H17N3O2S2. The van der Waals surface area contributed by atoms with Crippen LogP contribution in [0.25, 0.3) is 0 Å². The first-order chi connectivity index (χ1) is 9.44. The zero-order valence-corrected chi connectivity index (χ0v) is 12.7. The van der Waals surface area contributed by atoms with Crippen molar-refractivity contribution in [2.45, 2.75) is 31.7 Å². The van der Waals surface area contributed by atoms with Crippen molar-refractivity contribution in [1.82, 2.24) is 4.98 Å². The van der Waals surface area contributed by atoms with Crippen LogP contribution in [0.2, 0.25) is 0 Å². The number of hydrogen-bond acceptors (Lipinski definition) is 5. The quantitative estimate of drug-likeness (QED) is 0.803. The van der Waals surface area contributed by atoms with Crippen molar-refractivity contribution < 1.29 is 8.42 Å². The van der Waals surface area contributed by atoms with Gasteiger partial charge in [0.05, 0.1) is 17.1 Å². The number of hydrogen-bond donors (Lipinski definition) is 2. The summed E-state index contributed by atoms with van der Waals surface area (Å²) in [5, 5.41) is 3.22. The van der Waals surface area contributed by atoms with Gasteiger partial charge in [0, 0.05) is 11.7 Å². The maximum absolute atomic E-state index is 11.5. The number of rotatable bonds is 3. The largest absolute Gasteiger partial charge is 0.389 e. The molecule has 1 aromatic heterocycles. The van der Waals surface area contributed by atoms with E-state index in [9.17, 15) is 8.42 Å². The first kappa shape index (κ1) is 13.8. The third-order valence-corrected chi connectivity index (χ3v) is 5.88. The van der Waals surface area contributed by atoms with E-state index in [1.54, 1.807) is 0 Å². The Morgan fingerprint density at radius 1 is 1.45 bits per heavy atom. The number of nitrogens with two attached hydrogens (primary N) is 1. The Balaban J connectivity index is 1.90. The molecule has 0 spiro atoms. The van der Waals surface area contributed by atoms with Gasteiger partial charge in [-0.1, -0.05) is 12.2 Å². The minimum absolute atomic E-state index is 0.0972. The molecule has 108 valence electrons. The standard InChI is InChI=1S/C13H17N3O2S2/c14-12(19)10-6-8-2-1-3-11(8)16-13(10)15-9-4-5-20(17,18)7-9/h6,9H,1-5,7H2,(H2,14,19)(H,15,16). The lowest BCUT2D eigenvalue weighted by atomic mass is 10.1. The van der Waals surface area contributed by atoms with Crippen molar-refractivity contribution in [1.29, 1.82) is 0 Å². The summed E-state index contributed by atoms with van der Waals surface area (Å²) in [6, 6.07) is 1.91. The normalized spacial score (nSPS) is 23.5. The van der Waals surface area contributed by atoms with E-state index in [0.29, 0.717) is 17.2 Å². The Labute approximate surface area is 123 Å². The molecule has 1 aromatic rings. The van der Waals surface area contributed by atoms with Gasteiger partial charge in [0.2, 0.25) is 0 Å². The third kappa shape index (κ3) is 2.64. The van der Waals surface area contributed by atoms with Gasteiger partial charge in [0.15, 0.2) is 9.84 Å². The summed E-state index contributed by atoms with van der Waals surface area (Å²) in [5.41, 5.74) is 8.78. The summed E-state index contributed by atoms with van der Waals surface area (Å²) < 4.78 is 23.1. The van der Waals surface area contributed by atoms with Crippen LogP contribution in [0, 0.1) is 0 Å². The number of thiocarbonyl (C=S) groups is 1. The third-order valence-electron chi connectivity index (χ3n) is 3.89. The predicted octanol–water partition coefficient (Wildman–Crippen LogP) is 0.803. The molecule has 1 aliphatic heterocycles. The number of pyridine rings is 1. The maximum atomic E-state index is 11.5. The number of anilines is 1. The van der Waals surface area contributed by atoms with Gasteiger partial charge >= 0.3 is 0 Å². The molecule has 3 N–H and O–H groups in total. The van der Waals surface area contributed by atoms with E-state index >= 15 is 0 Å². The van der Waals surface area contributed by atoms with Gasteiger partial charge in [-0.15, -0.1) is 0 Å². The van der Waals surface area contributed by atoms with Crippen LogP contribution in [-0.2, 0) is 22.7 Å². The number of aromatic nitrogens is 1. The van der Waals surface area contributed by atoms with Gasteiger partial charge < -0.3 is 11.1 Å². The van der Waals surface area contributed by atoms with E-state index in [1.807, 2.05) is 6.07 Å². The molecule has 0 aromatic carbocycles. The summed E-state index contributed by atoms with van der Waals surface area (Å²) in [5.74, 6) is 1.03. The molecule has 3 rings (SSSR count). The molecule has 2 aliphatic rings. The molecule has 0 radical (unpaired) electrons. The number of nitrogens with zero attached hydrogens (tertiary/aromatic N) is 1. The lowest BCUT2D eigenvalue weighted by molar-refractivity contribution is 0.602. The highest BCUT2D eigenvalue weighted by molar-refractivity contribution is 7.91. The van der Waals surface area contributed by atoms with E-state index in [2.05, 4.69) is 10.3 Å². The van der Waals surface area contributed by atoms with Crippen LogP contribution in [0.5, 0.6) is 0 Å². The van der Waals surface area contributed by atoms with Gasteiger partial charge in [-0.25, -0.2) is 13.4 Å². The predicted molar refractivity (Wildman–Crippen MR) is 82.8 cm³/mol. The topological polar surface area (TPSA) is 85.1 Å². The van der Waals surface area contributed by atoms with Crippen LogP contribution in [0.3, 0.4) is 0 Å². The Hall–Kier alpha value is -1.21. The van der Waals surface area contributed by atoms with Crippen molar-refractivity contribution in [3.63, 3.8) is 0 Å². The van der Waals surface area contributed by atoms with Crippen molar-refractivity contribution in [3.05, 3.63) is 22.9 Å². The van der Waals surface area contributed by atoms with Crippen molar-refractivity contribution >= 4 is 32.9 Å². The first-order valence-electron chi connectivity index (χ1n) is 6.74. The van der Waals surface area contributed by atoms with Gasteiger partial charge in [0.25, 0.3) is 0 Å². The summed E-state index contributed by atoms with van der Waals surface area (Å²) in [4.78, 5) is 4.91. The second-order valence-corrected chi connectivity index (χ2v) is 8.12. The fourth-order valence-electron chi connectivity index (χ4n) is 2.87. The fourth-order valence-corrected chi connectivity index (χ4v) is 4.70. The van der Waals surface area contributed by atoms with Crippen molar-refractivity contribution in [3.8, 4) is 0 Å². The maximum Gasteiger partial charge on any atom is 0.152 e. The molecular weight excluding hydrogens is 294 g/mol. The highest BCUT2D eigenvalue weighted by Gasteiger charge is 2.29. The molecule has 20 heavy (non-hydrogen) atoms. The Bertz CT molecular complexity index is 670.